The Balaban J connectivity index is 1.37. The normalized spacial score (nSPS) is 22.5. The van der Waals surface area contributed by atoms with E-state index in [0.29, 0.717) is 18.0 Å². The summed E-state index contributed by atoms with van der Waals surface area (Å²) in [6.07, 6.45) is 5.22. The van der Waals surface area contributed by atoms with Crippen molar-refractivity contribution in [2.45, 2.75) is 19.3 Å². The molecule has 1 aromatic heterocycles. The third-order valence-corrected chi connectivity index (χ3v) is 5.65. The zero-order chi connectivity index (χ0) is 17.4. The van der Waals surface area contributed by atoms with Crippen LogP contribution in [-0.4, -0.2) is 34.2 Å². The molecule has 4 rings (SSSR count). The maximum Gasteiger partial charge on any atom is 0.233 e. The van der Waals surface area contributed by atoms with Gasteiger partial charge in [0.1, 0.15) is 0 Å². The van der Waals surface area contributed by atoms with Gasteiger partial charge in [0.25, 0.3) is 0 Å². The van der Waals surface area contributed by atoms with Gasteiger partial charge in [-0.05, 0) is 25.0 Å². The lowest BCUT2D eigenvalue weighted by Crippen LogP contribution is -2.34. The highest BCUT2D eigenvalue weighted by Crippen LogP contribution is 2.35. The number of nitrogens with zero attached hydrogens (tertiary/aromatic N) is 2. The van der Waals surface area contributed by atoms with Crippen LogP contribution < -0.4 is 5.32 Å². The van der Waals surface area contributed by atoms with Gasteiger partial charge < -0.3 is 5.32 Å². The fourth-order valence-electron chi connectivity index (χ4n) is 3.41. The molecule has 1 saturated heterocycles. The summed E-state index contributed by atoms with van der Waals surface area (Å²) >= 11 is 1.40. The van der Waals surface area contributed by atoms with Crippen LogP contribution in [-0.2, 0) is 14.4 Å². The van der Waals surface area contributed by atoms with Crippen LogP contribution in [0, 0.1) is 11.8 Å². The molecule has 0 saturated carbocycles. The fraction of sp³-hybridized carbons (Fsp3) is 0.333. The van der Waals surface area contributed by atoms with Crippen LogP contribution in [0.15, 0.2) is 36.4 Å². The van der Waals surface area contributed by atoms with Crippen molar-refractivity contribution in [3.63, 3.8) is 0 Å². The van der Waals surface area contributed by atoms with Gasteiger partial charge in [-0.1, -0.05) is 35.6 Å². The Labute approximate surface area is 148 Å². The lowest BCUT2D eigenvalue weighted by molar-refractivity contribution is -0.140. The van der Waals surface area contributed by atoms with Gasteiger partial charge in [-0.3, -0.25) is 19.3 Å². The second kappa shape index (κ2) is 6.40. The zero-order valence-electron chi connectivity index (χ0n) is 13.5. The van der Waals surface area contributed by atoms with E-state index in [1.165, 1.54) is 16.2 Å². The Morgan fingerprint density at radius 1 is 1.16 bits per heavy atom. The van der Waals surface area contributed by atoms with E-state index < -0.39 is 0 Å². The summed E-state index contributed by atoms with van der Waals surface area (Å²) in [6.45, 7) is 0.126. The molecule has 7 heteroatoms. The number of rotatable bonds is 4. The molecular formula is C18H17N3O3S. The summed E-state index contributed by atoms with van der Waals surface area (Å²) in [5, 5.41) is 3.29. The number of anilines is 1. The number of nitrogens with one attached hydrogen (secondary N) is 1. The summed E-state index contributed by atoms with van der Waals surface area (Å²) in [6, 6.07) is 7.65. The van der Waals surface area contributed by atoms with Crippen molar-refractivity contribution in [1.29, 1.82) is 0 Å². The van der Waals surface area contributed by atoms with Gasteiger partial charge in [-0.25, -0.2) is 4.98 Å². The highest BCUT2D eigenvalue weighted by molar-refractivity contribution is 7.22. The second-order valence-corrected chi connectivity index (χ2v) is 7.30. The minimum absolute atomic E-state index is 0.0836. The van der Waals surface area contributed by atoms with Gasteiger partial charge >= 0.3 is 0 Å². The number of likely N-dealkylation sites (tertiary alicyclic amines) is 1. The number of aromatic nitrogens is 1. The third-order valence-electron chi connectivity index (χ3n) is 4.70. The number of fused-ring (bicyclic) bond motifs is 2. The van der Waals surface area contributed by atoms with Crippen molar-refractivity contribution >= 4 is 44.4 Å². The Bertz CT molecular complexity index is 830. The molecule has 1 aliphatic carbocycles. The van der Waals surface area contributed by atoms with Crippen molar-refractivity contribution in [2.24, 2.45) is 11.8 Å². The van der Waals surface area contributed by atoms with Crippen molar-refractivity contribution in [2.75, 3.05) is 11.9 Å². The molecule has 2 aliphatic rings. The number of thiazole rings is 1. The SMILES string of the molecule is O=C(CCN1C(=O)[C@H]2CC=CC[C@@H]2C1=O)Nc1nc2ccccc2s1. The molecule has 1 aromatic carbocycles. The van der Waals surface area contributed by atoms with Crippen LogP contribution >= 0.6 is 11.3 Å². The summed E-state index contributed by atoms with van der Waals surface area (Å²) in [4.78, 5) is 42.5. The Morgan fingerprint density at radius 2 is 1.84 bits per heavy atom. The summed E-state index contributed by atoms with van der Waals surface area (Å²) in [5.41, 5.74) is 0.837. The first kappa shape index (κ1) is 16.0. The maximum absolute atomic E-state index is 12.4. The molecule has 6 nitrogen and oxygen atoms in total. The average Bonchev–Trinajstić information content (AvgIpc) is 3.13. The summed E-state index contributed by atoms with van der Waals surface area (Å²) in [5.74, 6) is -1.03. The molecule has 1 aliphatic heterocycles. The summed E-state index contributed by atoms with van der Waals surface area (Å²) < 4.78 is 0.999. The van der Waals surface area contributed by atoms with E-state index in [0.717, 1.165) is 10.2 Å². The molecule has 2 atom stereocenters. The fourth-order valence-corrected chi connectivity index (χ4v) is 4.29. The number of carbonyl (C=O) groups excluding carboxylic acids is 3. The minimum atomic E-state index is -0.246. The molecule has 128 valence electrons. The van der Waals surface area contributed by atoms with Gasteiger partial charge in [0.2, 0.25) is 17.7 Å². The number of hydrogen-bond acceptors (Lipinski definition) is 5. The molecule has 0 radical (unpaired) electrons. The molecule has 25 heavy (non-hydrogen) atoms. The zero-order valence-corrected chi connectivity index (χ0v) is 14.3. The van der Waals surface area contributed by atoms with Crippen LogP contribution in [0.1, 0.15) is 19.3 Å². The predicted molar refractivity (Wildman–Crippen MR) is 94.9 cm³/mol. The van der Waals surface area contributed by atoms with E-state index in [1.807, 2.05) is 36.4 Å². The molecule has 2 heterocycles. The van der Waals surface area contributed by atoms with Gasteiger partial charge in [0, 0.05) is 13.0 Å². The van der Waals surface area contributed by atoms with Crippen molar-refractivity contribution in [3.05, 3.63) is 36.4 Å². The highest BCUT2D eigenvalue weighted by atomic mass is 32.1. The number of carbonyl (C=O) groups is 3. The van der Waals surface area contributed by atoms with E-state index in [-0.39, 0.29) is 42.5 Å². The summed E-state index contributed by atoms with van der Waals surface area (Å²) in [7, 11) is 0. The average molecular weight is 355 g/mol. The number of imide groups is 1. The molecule has 0 spiro atoms. The van der Waals surface area contributed by atoms with Crippen LogP contribution in [0.4, 0.5) is 5.13 Å². The van der Waals surface area contributed by atoms with Crippen molar-refractivity contribution < 1.29 is 14.4 Å². The highest BCUT2D eigenvalue weighted by Gasteiger charge is 2.46. The maximum atomic E-state index is 12.4. The van der Waals surface area contributed by atoms with Gasteiger partial charge in [-0.2, -0.15) is 0 Å². The first-order chi connectivity index (χ1) is 12.1. The molecule has 0 bridgehead atoms. The van der Waals surface area contributed by atoms with Crippen LogP contribution in [0.5, 0.6) is 0 Å². The predicted octanol–water partition coefficient (Wildman–Crippen LogP) is 2.58. The molecule has 1 fully saturated rings. The quantitative estimate of drug-likeness (QED) is 0.675. The third kappa shape index (κ3) is 2.95. The van der Waals surface area contributed by atoms with Gasteiger partial charge in [0.15, 0.2) is 5.13 Å². The number of para-hydroxylation sites is 1. The number of hydrogen-bond donors (Lipinski definition) is 1. The lowest BCUT2D eigenvalue weighted by Gasteiger charge is -2.14. The van der Waals surface area contributed by atoms with E-state index in [2.05, 4.69) is 10.3 Å². The standard InChI is InChI=1S/C18H17N3O3S/c22-15(20-18-19-13-7-3-4-8-14(13)25-18)9-10-21-16(23)11-5-1-2-6-12(11)17(21)24/h1-4,7-8,11-12H,5-6,9-10H2,(H,19,20,22)/t11-,12-/m0/s1. The second-order valence-electron chi connectivity index (χ2n) is 6.27. The molecule has 0 unspecified atom stereocenters. The minimum Gasteiger partial charge on any atom is -0.302 e. The number of benzene rings is 1. The van der Waals surface area contributed by atoms with Gasteiger partial charge in [0.05, 0.1) is 22.1 Å². The van der Waals surface area contributed by atoms with E-state index in [9.17, 15) is 14.4 Å². The monoisotopic (exact) mass is 355 g/mol. The van der Waals surface area contributed by atoms with E-state index in [1.54, 1.807) is 0 Å². The van der Waals surface area contributed by atoms with Gasteiger partial charge in [-0.15, -0.1) is 0 Å². The number of allylic oxidation sites excluding steroid dienone is 2. The Kier molecular flexibility index (Phi) is 4.09. The first-order valence-corrected chi connectivity index (χ1v) is 9.11. The van der Waals surface area contributed by atoms with Crippen molar-refractivity contribution in [3.8, 4) is 0 Å². The van der Waals surface area contributed by atoms with E-state index >= 15 is 0 Å². The smallest absolute Gasteiger partial charge is 0.233 e. The number of amides is 3. The molecule has 3 amide bonds. The van der Waals surface area contributed by atoms with E-state index in [4.69, 9.17) is 0 Å². The Hall–Kier alpha value is -2.54. The van der Waals surface area contributed by atoms with Crippen LogP contribution in [0.2, 0.25) is 0 Å². The van der Waals surface area contributed by atoms with Crippen LogP contribution in [0.3, 0.4) is 0 Å². The first-order valence-electron chi connectivity index (χ1n) is 8.29. The van der Waals surface area contributed by atoms with Crippen LogP contribution in [0.25, 0.3) is 10.2 Å². The molecule has 2 aromatic rings. The Morgan fingerprint density at radius 3 is 2.52 bits per heavy atom. The largest absolute Gasteiger partial charge is 0.302 e. The van der Waals surface area contributed by atoms with Crippen molar-refractivity contribution in [1.82, 2.24) is 9.88 Å². The molecular weight excluding hydrogens is 338 g/mol. The lowest BCUT2D eigenvalue weighted by atomic mass is 9.85. The molecule has 1 N–H and O–H groups in total. The topological polar surface area (TPSA) is 79.4 Å².